The van der Waals surface area contributed by atoms with Crippen LogP contribution in [0.3, 0.4) is 0 Å². The van der Waals surface area contributed by atoms with Crippen LogP contribution in [-0.4, -0.2) is 0 Å². The average molecular weight is 447 g/mol. The topological polar surface area (TPSA) is 9.23 Å². The van der Waals surface area contributed by atoms with Gasteiger partial charge in [0, 0.05) is 21.2 Å². The molecule has 1 aromatic heterocycles. The summed E-state index contributed by atoms with van der Waals surface area (Å²) < 4.78 is 8.47. The van der Waals surface area contributed by atoms with E-state index < -0.39 is 5.60 Å². The number of hydrogen-bond donors (Lipinski definition) is 0. The Balaban J connectivity index is 1.66. The Morgan fingerprint density at radius 2 is 1.45 bits per heavy atom. The summed E-state index contributed by atoms with van der Waals surface area (Å²) in [5.74, 6) is 0.974. The van der Waals surface area contributed by atoms with Crippen molar-refractivity contribution in [2.24, 2.45) is 0 Å². The molecule has 162 valence electrons. The highest BCUT2D eigenvalue weighted by Crippen LogP contribution is 2.50. The second kappa shape index (κ2) is 7.33. The van der Waals surface area contributed by atoms with Crippen molar-refractivity contribution in [3.63, 3.8) is 0 Å². The standard InChI is InChI=1S/C31H26OS/c1-30(2,3)26-19-21-11-7-9-15-24(21)29-25(26)17-18-31(32-29,23-13-5-4-6-14-23)28-20-22-12-8-10-16-27(22)33-28/h4-20H,1-3H3. The zero-order chi connectivity index (χ0) is 22.6. The van der Waals surface area contributed by atoms with Gasteiger partial charge in [-0.3, -0.25) is 0 Å². The summed E-state index contributed by atoms with van der Waals surface area (Å²) >= 11 is 1.81. The third kappa shape index (κ3) is 3.20. The van der Waals surface area contributed by atoms with E-state index in [-0.39, 0.29) is 5.41 Å². The number of thiophene rings is 1. The van der Waals surface area contributed by atoms with Crippen molar-refractivity contribution in [2.45, 2.75) is 31.8 Å². The van der Waals surface area contributed by atoms with Crippen LogP contribution >= 0.6 is 11.3 Å². The summed E-state index contributed by atoms with van der Waals surface area (Å²) in [5, 5.41) is 3.63. The fraction of sp³-hybridized carbons (Fsp3) is 0.161. The first-order chi connectivity index (χ1) is 16.0. The van der Waals surface area contributed by atoms with Crippen LogP contribution in [-0.2, 0) is 11.0 Å². The molecule has 0 fully saturated rings. The summed E-state index contributed by atoms with van der Waals surface area (Å²) in [4.78, 5) is 1.20. The van der Waals surface area contributed by atoms with E-state index in [2.05, 4.69) is 124 Å². The summed E-state index contributed by atoms with van der Waals surface area (Å²) in [6.07, 6.45) is 4.56. The number of fused-ring (bicyclic) bond motifs is 4. The van der Waals surface area contributed by atoms with E-state index in [0.717, 1.165) is 16.7 Å². The normalized spacial score (nSPS) is 17.8. The lowest BCUT2D eigenvalue weighted by Crippen LogP contribution is -2.34. The Hall–Kier alpha value is -3.36. The first-order valence-corrected chi connectivity index (χ1v) is 12.3. The van der Waals surface area contributed by atoms with E-state index in [1.54, 1.807) is 0 Å². The molecule has 1 unspecified atom stereocenters. The second-order valence-electron chi connectivity index (χ2n) is 9.82. The van der Waals surface area contributed by atoms with Crippen molar-refractivity contribution >= 4 is 38.3 Å². The molecule has 4 aromatic carbocycles. The molecule has 0 N–H and O–H groups in total. The van der Waals surface area contributed by atoms with E-state index in [9.17, 15) is 0 Å². The Morgan fingerprint density at radius 1 is 0.758 bits per heavy atom. The monoisotopic (exact) mass is 446 g/mol. The molecule has 0 saturated carbocycles. The van der Waals surface area contributed by atoms with Crippen LogP contribution in [0.1, 0.15) is 42.3 Å². The summed E-state index contributed by atoms with van der Waals surface area (Å²) in [6, 6.07) is 32.4. The van der Waals surface area contributed by atoms with Gasteiger partial charge in [0.15, 0.2) is 5.60 Å². The number of benzene rings is 4. The van der Waals surface area contributed by atoms with Gasteiger partial charge >= 0.3 is 0 Å². The zero-order valence-corrected chi connectivity index (χ0v) is 19.9. The van der Waals surface area contributed by atoms with Gasteiger partial charge in [-0.2, -0.15) is 0 Å². The zero-order valence-electron chi connectivity index (χ0n) is 19.1. The lowest BCUT2D eigenvalue weighted by atomic mass is 9.79. The highest BCUT2D eigenvalue weighted by molar-refractivity contribution is 7.19. The first kappa shape index (κ1) is 20.3. The summed E-state index contributed by atoms with van der Waals surface area (Å²) in [7, 11) is 0. The van der Waals surface area contributed by atoms with Gasteiger partial charge in [0.25, 0.3) is 0 Å². The van der Waals surface area contributed by atoms with Crippen LogP contribution < -0.4 is 4.74 Å². The van der Waals surface area contributed by atoms with Crippen molar-refractivity contribution in [3.05, 3.63) is 119 Å². The summed E-state index contributed by atoms with van der Waals surface area (Å²) in [6.45, 7) is 6.82. The van der Waals surface area contributed by atoms with Crippen LogP contribution in [0.5, 0.6) is 5.75 Å². The molecule has 0 spiro atoms. The van der Waals surface area contributed by atoms with Gasteiger partial charge in [-0.25, -0.2) is 0 Å². The molecule has 1 aliphatic rings. The van der Waals surface area contributed by atoms with E-state index >= 15 is 0 Å². The van der Waals surface area contributed by atoms with E-state index in [0.29, 0.717) is 0 Å². The molecule has 33 heavy (non-hydrogen) atoms. The molecule has 2 heterocycles. The molecule has 0 aliphatic carbocycles. The maximum atomic E-state index is 7.19. The Kier molecular flexibility index (Phi) is 4.50. The average Bonchev–Trinajstić information content (AvgIpc) is 3.28. The molecular formula is C31H26OS. The molecule has 6 rings (SSSR count). The smallest absolute Gasteiger partial charge is 0.187 e. The third-order valence-electron chi connectivity index (χ3n) is 6.59. The van der Waals surface area contributed by atoms with Crippen LogP contribution in [0.15, 0.2) is 97.1 Å². The fourth-order valence-corrected chi connectivity index (χ4v) is 6.10. The predicted molar refractivity (Wildman–Crippen MR) is 141 cm³/mol. The lowest BCUT2D eigenvalue weighted by molar-refractivity contribution is 0.167. The highest BCUT2D eigenvalue weighted by atomic mass is 32.1. The molecule has 1 atom stereocenters. The SMILES string of the molecule is CC(C)(C)c1cc2ccccc2c2c1C=CC(c1ccccc1)(c1cc3ccccc3s1)O2. The minimum absolute atomic E-state index is 0.00612. The Bertz CT molecular complexity index is 1480. The fourth-order valence-electron chi connectivity index (χ4n) is 4.90. The minimum Gasteiger partial charge on any atom is -0.471 e. The van der Waals surface area contributed by atoms with Gasteiger partial charge in [-0.05, 0) is 46.0 Å². The molecule has 0 radical (unpaired) electrons. The maximum absolute atomic E-state index is 7.19. The van der Waals surface area contributed by atoms with Crippen LogP contribution in [0.4, 0.5) is 0 Å². The van der Waals surface area contributed by atoms with Gasteiger partial charge in [-0.15, -0.1) is 11.3 Å². The predicted octanol–water partition coefficient (Wildman–Crippen LogP) is 8.70. The van der Waals surface area contributed by atoms with Crippen molar-refractivity contribution in [3.8, 4) is 5.75 Å². The molecule has 0 saturated heterocycles. The minimum atomic E-state index is -0.669. The molecular weight excluding hydrogens is 420 g/mol. The summed E-state index contributed by atoms with van der Waals surface area (Å²) in [5.41, 5.74) is 2.98. The quantitative estimate of drug-likeness (QED) is 0.263. The first-order valence-electron chi connectivity index (χ1n) is 11.4. The van der Waals surface area contributed by atoms with Gasteiger partial charge in [0.05, 0.1) is 4.88 Å². The van der Waals surface area contributed by atoms with Crippen molar-refractivity contribution in [2.75, 3.05) is 0 Å². The molecule has 0 bridgehead atoms. The van der Waals surface area contributed by atoms with Gasteiger partial charge in [-0.1, -0.05) is 99.6 Å². The van der Waals surface area contributed by atoms with Gasteiger partial charge in [0.1, 0.15) is 5.75 Å². The molecule has 5 aromatic rings. The molecule has 0 amide bonds. The number of rotatable bonds is 2. The van der Waals surface area contributed by atoms with Crippen molar-refractivity contribution in [1.29, 1.82) is 0 Å². The largest absolute Gasteiger partial charge is 0.471 e. The van der Waals surface area contributed by atoms with Crippen LogP contribution in [0.25, 0.3) is 26.9 Å². The van der Waals surface area contributed by atoms with Gasteiger partial charge < -0.3 is 4.74 Å². The van der Waals surface area contributed by atoms with E-state index in [1.165, 1.54) is 31.5 Å². The Labute approximate surface area is 199 Å². The number of hydrogen-bond acceptors (Lipinski definition) is 2. The van der Waals surface area contributed by atoms with E-state index in [4.69, 9.17) is 4.74 Å². The maximum Gasteiger partial charge on any atom is 0.187 e. The van der Waals surface area contributed by atoms with E-state index in [1.807, 2.05) is 11.3 Å². The van der Waals surface area contributed by atoms with Crippen LogP contribution in [0, 0.1) is 0 Å². The lowest BCUT2D eigenvalue weighted by Gasteiger charge is -2.37. The molecule has 2 heteroatoms. The number of ether oxygens (including phenoxy) is 1. The second-order valence-corrected chi connectivity index (χ2v) is 10.9. The van der Waals surface area contributed by atoms with Gasteiger partial charge in [0.2, 0.25) is 0 Å². The van der Waals surface area contributed by atoms with Crippen molar-refractivity contribution in [1.82, 2.24) is 0 Å². The molecule has 1 aliphatic heterocycles. The van der Waals surface area contributed by atoms with Crippen molar-refractivity contribution < 1.29 is 4.74 Å². The third-order valence-corrected chi connectivity index (χ3v) is 7.82. The molecule has 1 nitrogen and oxygen atoms in total. The van der Waals surface area contributed by atoms with Crippen LogP contribution in [0.2, 0.25) is 0 Å². The Morgan fingerprint density at radius 3 is 2.21 bits per heavy atom. The highest BCUT2D eigenvalue weighted by Gasteiger charge is 2.40.